The van der Waals surface area contributed by atoms with Crippen molar-refractivity contribution in [3.63, 3.8) is 0 Å². The molecule has 1 aliphatic rings. The Labute approximate surface area is 86.9 Å². The maximum absolute atomic E-state index is 11.7. The summed E-state index contributed by atoms with van der Waals surface area (Å²) in [5.41, 5.74) is 1.69. The molecule has 1 aromatic rings. The summed E-state index contributed by atoms with van der Waals surface area (Å²) < 4.78 is 0. The molecule has 2 rings (SSSR count). The van der Waals surface area contributed by atoms with E-state index in [0.29, 0.717) is 23.4 Å². The summed E-state index contributed by atoms with van der Waals surface area (Å²) in [6.45, 7) is 0. The second-order valence-electron chi connectivity index (χ2n) is 3.47. The van der Waals surface area contributed by atoms with Crippen LogP contribution in [-0.2, 0) is 11.2 Å². The second kappa shape index (κ2) is 3.54. The van der Waals surface area contributed by atoms with Gasteiger partial charge in [-0.3, -0.25) is 4.79 Å². The van der Waals surface area contributed by atoms with Gasteiger partial charge in [0.15, 0.2) is 5.78 Å². The predicted molar refractivity (Wildman–Crippen MR) is 53.7 cm³/mol. The first-order valence-electron chi connectivity index (χ1n) is 4.48. The highest BCUT2D eigenvalue weighted by molar-refractivity contribution is 6.31. The van der Waals surface area contributed by atoms with Crippen molar-refractivity contribution in [1.82, 2.24) is 0 Å². The standard InChI is InChI=1S/C11H9ClO2/c12-9-2-1-7-5-8(3-4-13)11(14)10(7)6-9/h1-2,4,6,8H,3,5H2. The maximum Gasteiger partial charge on any atom is 0.167 e. The number of hydrogen-bond donors (Lipinski definition) is 0. The number of halogens is 1. The lowest BCUT2D eigenvalue weighted by Gasteiger charge is -1.99. The number of hydrogen-bond acceptors (Lipinski definition) is 2. The second-order valence-corrected chi connectivity index (χ2v) is 3.91. The largest absolute Gasteiger partial charge is 0.303 e. The minimum Gasteiger partial charge on any atom is -0.303 e. The van der Waals surface area contributed by atoms with Crippen LogP contribution in [0.2, 0.25) is 5.02 Å². The summed E-state index contributed by atoms with van der Waals surface area (Å²) in [6.07, 6.45) is 1.78. The fourth-order valence-electron chi connectivity index (χ4n) is 1.84. The minimum atomic E-state index is -0.166. The van der Waals surface area contributed by atoms with Crippen LogP contribution >= 0.6 is 11.6 Å². The Balaban J connectivity index is 2.36. The van der Waals surface area contributed by atoms with Gasteiger partial charge in [-0.05, 0) is 24.1 Å². The molecule has 0 spiro atoms. The van der Waals surface area contributed by atoms with Gasteiger partial charge in [-0.2, -0.15) is 0 Å². The fourth-order valence-corrected chi connectivity index (χ4v) is 2.01. The Bertz CT molecular complexity index is 398. The Morgan fingerprint density at radius 2 is 2.29 bits per heavy atom. The van der Waals surface area contributed by atoms with E-state index in [9.17, 15) is 9.59 Å². The molecule has 0 N–H and O–H groups in total. The van der Waals surface area contributed by atoms with Gasteiger partial charge in [0.1, 0.15) is 6.29 Å². The molecule has 72 valence electrons. The molecule has 0 heterocycles. The summed E-state index contributed by atoms with van der Waals surface area (Å²) in [4.78, 5) is 22.1. The summed E-state index contributed by atoms with van der Waals surface area (Å²) >= 11 is 5.79. The van der Waals surface area contributed by atoms with Crippen LogP contribution in [0.5, 0.6) is 0 Å². The van der Waals surface area contributed by atoms with Crippen molar-refractivity contribution < 1.29 is 9.59 Å². The van der Waals surface area contributed by atoms with Crippen molar-refractivity contribution in [1.29, 1.82) is 0 Å². The third-order valence-electron chi connectivity index (χ3n) is 2.56. The number of benzene rings is 1. The van der Waals surface area contributed by atoms with Crippen molar-refractivity contribution in [3.8, 4) is 0 Å². The highest BCUT2D eigenvalue weighted by Gasteiger charge is 2.29. The topological polar surface area (TPSA) is 34.1 Å². The molecule has 0 amide bonds. The molecule has 2 nitrogen and oxygen atoms in total. The van der Waals surface area contributed by atoms with Crippen molar-refractivity contribution >= 4 is 23.7 Å². The minimum absolute atomic E-state index is 0.0506. The molecule has 1 unspecified atom stereocenters. The van der Waals surface area contributed by atoms with E-state index in [0.717, 1.165) is 11.8 Å². The summed E-state index contributed by atoms with van der Waals surface area (Å²) in [5, 5.41) is 0.573. The molecule has 0 saturated heterocycles. The zero-order valence-corrected chi connectivity index (χ0v) is 8.25. The average Bonchev–Trinajstić information content (AvgIpc) is 2.46. The van der Waals surface area contributed by atoms with Crippen LogP contribution in [0.4, 0.5) is 0 Å². The first-order valence-corrected chi connectivity index (χ1v) is 4.86. The number of rotatable bonds is 2. The van der Waals surface area contributed by atoms with Gasteiger partial charge in [-0.25, -0.2) is 0 Å². The fraction of sp³-hybridized carbons (Fsp3) is 0.273. The van der Waals surface area contributed by atoms with Gasteiger partial charge in [0.2, 0.25) is 0 Å². The Morgan fingerprint density at radius 1 is 1.50 bits per heavy atom. The van der Waals surface area contributed by atoms with E-state index in [1.807, 2.05) is 6.07 Å². The monoisotopic (exact) mass is 208 g/mol. The molecule has 1 atom stereocenters. The van der Waals surface area contributed by atoms with E-state index >= 15 is 0 Å². The van der Waals surface area contributed by atoms with Crippen LogP contribution in [0.1, 0.15) is 22.3 Å². The number of carbonyl (C=O) groups excluding carboxylic acids is 2. The van der Waals surface area contributed by atoms with Crippen molar-refractivity contribution in [2.45, 2.75) is 12.8 Å². The lowest BCUT2D eigenvalue weighted by Crippen LogP contribution is -2.08. The van der Waals surface area contributed by atoms with Crippen molar-refractivity contribution in [3.05, 3.63) is 34.3 Å². The first-order chi connectivity index (χ1) is 6.72. The molecule has 0 aliphatic heterocycles. The molecule has 0 bridgehead atoms. The molecule has 14 heavy (non-hydrogen) atoms. The molecule has 3 heteroatoms. The highest BCUT2D eigenvalue weighted by Crippen LogP contribution is 2.30. The van der Waals surface area contributed by atoms with Gasteiger partial charge in [-0.1, -0.05) is 17.7 Å². The molecular formula is C11H9ClO2. The van der Waals surface area contributed by atoms with Crippen molar-refractivity contribution in [2.75, 3.05) is 0 Å². The highest BCUT2D eigenvalue weighted by atomic mass is 35.5. The molecule has 0 saturated carbocycles. The van der Waals surface area contributed by atoms with Crippen LogP contribution in [0.3, 0.4) is 0 Å². The third-order valence-corrected chi connectivity index (χ3v) is 2.79. The third kappa shape index (κ3) is 1.46. The molecule has 1 aliphatic carbocycles. The van der Waals surface area contributed by atoms with E-state index < -0.39 is 0 Å². The molecular weight excluding hydrogens is 200 g/mol. The zero-order valence-electron chi connectivity index (χ0n) is 7.50. The van der Waals surface area contributed by atoms with E-state index in [4.69, 9.17) is 11.6 Å². The van der Waals surface area contributed by atoms with Gasteiger partial charge in [0.05, 0.1) is 0 Å². The average molecular weight is 209 g/mol. The number of carbonyl (C=O) groups is 2. The van der Waals surface area contributed by atoms with Gasteiger partial charge in [-0.15, -0.1) is 0 Å². The number of aldehydes is 1. The first kappa shape index (κ1) is 9.41. The normalized spacial score (nSPS) is 19.5. The molecule has 0 aromatic heterocycles. The predicted octanol–water partition coefficient (Wildman–Crippen LogP) is 2.28. The van der Waals surface area contributed by atoms with E-state index in [2.05, 4.69) is 0 Å². The van der Waals surface area contributed by atoms with E-state index in [1.165, 1.54) is 0 Å². The lowest BCUT2D eigenvalue weighted by atomic mass is 10.0. The van der Waals surface area contributed by atoms with Gasteiger partial charge in [0.25, 0.3) is 0 Å². The summed E-state index contributed by atoms with van der Waals surface area (Å²) in [6, 6.07) is 5.32. The van der Waals surface area contributed by atoms with Crippen LogP contribution in [0.25, 0.3) is 0 Å². The van der Waals surface area contributed by atoms with Crippen molar-refractivity contribution in [2.24, 2.45) is 5.92 Å². The summed E-state index contributed by atoms with van der Waals surface area (Å²) in [5.74, 6) is -0.115. The lowest BCUT2D eigenvalue weighted by molar-refractivity contribution is -0.108. The van der Waals surface area contributed by atoms with E-state index in [1.54, 1.807) is 12.1 Å². The molecule has 0 fully saturated rings. The number of ketones is 1. The zero-order chi connectivity index (χ0) is 10.1. The van der Waals surface area contributed by atoms with Gasteiger partial charge >= 0.3 is 0 Å². The van der Waals surface area contributed by atoms with Crippen LogP contribution in [0, 0.1) is 5.92 Å². The van der Waals surface area contributed by atoms with E-state index in [-0.39, 0.29) is 11.7 Å². The Kier molecular flexibility index (Phi) is 2.38. The van der Waals surface area contributed by atoms with Crippen LogP contribution in [0.15, 0.2) is 18.2 Å². The van der Waals surface area contributed by atoms with Crippen LogP contribution < -0.4 is 0 Å². The smallest absolute Gasteiger partial charge is 0.167 e. The van der Waals surface area contributed by atoms with Gasteiger partial charge < -0.3 is 4.79 Å². The van der Waals surface area contributed by atoms with Gasteiger partial charge in [0, 0.05) is 22.9 Å². The quantitative estimate of drug-likeness (QED) is 0.699. The summed E-state index contributed by atoms with van der Waals surface area (Å²) in [7, 11) is 0. The maximum atomic E-state index is 11.7. The number of Topliss-reactive ketones (excluding diaryl/α,β-unsaturated/α-hetero) is 1. The SMILES string of the molecule is O=CCC1Cc2ccc(Cl)cc2C1=O. The Hall–Kier alpha value is -1.15. The molecule has 1 aromatic carbocycles. The Morgan fingerprint density at radius 3 is 3.00 bits per heavy atom. The number of fused-ring (bicyclic) bond motifs is 1. The molecule has 0 radical (unpaired) electrons. The van der Waals surface area contributed by atoms with Crippen LogP contribution in [-0.4, -0.2) is 12.1 Å².